The predicted molar refractivity (Wildman–Crippen MR) is 389 cm³/mol. The zero-order chi connectivity index (χ0) is 79.0. The summed E-state index contributed by atoms with van der Waals surface area (Å²) in [5, 5.41) is 41.6. The molecule has 13 saturated carbocycles. The van der Waals surface area contributed by atoms with Gasteiger partial charge in [-0.05, 0) is 268 Å². The van der Waals surface area contributed by atoms with Crippen LogP contribution in [0.3, 0.4) is 0 Å². The maximum Gasteiger partial charge on any atom is 0.344 e. The first-order valence-corrected chi connectivity index (χ1v) is 40.3. The smallest absolute Gasteiger partial charge is 0.344 e. The van der Waals surface area contributed by atoms with Crippen LogP contribution in [-0.2, 0) is 85.8 Å². The molecule has 106 heavy (non-hydrogen) atoms. The van der Waals surface area contributed by atoms with E-state index in [0.29, 0.717) is 56.8 Å². The zero-order valence-electron chi connectivity index (χ0n) is 67.9. The van der Waals surface area contributed by atoms with Crippen molar-refractivity contribution in [2.24, 2.45) is 90.7 Å². The Morgan fingerprint density at radius 3 is 1.43 bits per heavy atom. The fraction of sp³-hybridized carbons (Fsp3) is 0.881. The number of esters is 9. The van der Waals surface area contributed by atoms with Crippen molar-refractivity contribution in [2.45, 2.75) is 363 Å². The van der Waals surface area contributed by atoms with Crippen molar-refractivity contribution < 1.29 is 101 Å². The molecule has 3 N–H and O–H groups in total. The first-order valence-electron chi connectivity index (χ1n) is 40.3. The Kier molecular flexibility index (Phi) is 24.0. The van der Waals surface area contributed by atoms with Crippen LogP contribution in [0.1, 0.15) is 305 Å². The van der Waals surface area contributed by atoms with E-state index in [4.69, 9.17) is 42.6 Å². The highest BCUT2D eigenvalue weighted by Crippen LogP contribution is 2.72. The number of nitriles is 1. The van der Waals surface area contributed by atoms with Gasteiger partial charge in [0.2, 0.25) is 0 Å². The molecule has 2 aliphatic heterocycles. The second-order valence-corrected chi connectivity index (χ2v) is 39.6. The van der Waals surface area contributed by atoms with Gasteiger partial charge in [0.1, 0.15) is 41.2 Å². The fourth-order valence-corrected chi connectivity index (χ4v) is 20.8. The third kappa shape index (κ3) is 16.6. The first-order chi connectivity index (χ1) is 48.9. The lowest BCUT2D eigenvalue weighted by atomic mass is 9.38. The average molecular weight is 1490 g/mol. The summed E-state index contributed by atoms with van der Waals surface area (Å²) >= 11 is 0. The van der Waals surface area contributed by atoms with Crippen LogP contribution in [0.5, 0.6) is 0 Å². The van der Waals surface area contributed by atoms with Crippen molar-refractivity contribution in [1.29, 1.82) is 5.26 Å². The number of hydrogen-bond donors (Lipinski definition) is 3. The highest BCUT2D eigenvalue weighted by atomic mass is 16.6. The summed E-state index contributed by atoms with van der Waals surface area (Å²) in [4.78, 5) is 108. The summed E-state index contributed by atoms with van der Waals surface area (Å²) in [5.41, 5.74) is -7.21. The minimum Gasteiger partial charge on any atom is -0.459 e. The molecule has 15 rings (SSSR count). The molecule has 0 aromatic carbocycles. The molecule has 12 bridgehead atoms. The van der Waals surface area contributed by atoms with Crippen molar-refractivity contribution in [3.05, 3.63) is 0 Å². The van der Waals surface area contributed by atoms with E-state index in [2.05, 4.69) is 26.8 Å². The summed E-state index contributed by atoms with van der Waals surface area (Å²) in [6, 6.07) is 2.10. The molecule has 598 valence electrons. The van der Waals surface area contributed by atoms with Gasteiger partial charge in [-0.15, -0.1) is 0 Å². The normalized spacial score (nSPS) is 36.2. The van der Waals surface area contributed by atoms with Crippen molar-refractivity contribution in [1.82, 2.24) is 0 Å². The van der Waals surface area contributed by atoms with Crippen LogP contribution in [-0.4, -0.2) is 140 Å². The Morgan fingerprint density at radius 2 is 0.972 bits per heavy atom. The van der Waals surface area contributed by atoms with Gasteiger partial charge in [-0.3, -0.25) is 33.6 Å². The van der Waals surface area contributed by atoms with Crippen LogP contribution >= 0.6 is 0 Å². The van der Waals surface area contributed by atoms with Gasteiger partial charge in [-0.25, -0.2) is 9.59 Å². The third-order valence-electron chi connectivity index (χ3n) is 29.3. The molecule has 2 saturated heterocycles. The molecule has 15 aliphatic rings. The molecular weight excluding hydrogens is 1360 g/mol. The quantitative estimate of drug-likeness (QED) is 0.0669. The van der Waals surface area contributed by atoms with Gasteiger partial charge in [0.15, 0.2) is 18.6 Å². The standard InChI is InChI=1S/C22H38O3.C17H21NO6.C16H22O6.C16H26O4.C13H24O2/c1-8-18(2,3)17(23)25-20(6,7)22-12-15-9-16(13-22)11-21(10-15,14-22)19(4,5)24;1-4-16(2,3)14(20)22-7-11(19)23-12-9-5-10-13(12)24-15(21)17(10,6-9)8-18;1-4-16(2,3)15(19)20-7-11(17)21-12-8-5-9-10(6-8)14(18)22-13(9)12;1-4-13(2,3)12(17)20-16-7-11-5-14(18,9-16)8-15(19,6-11)10-16;1-5-12(3,4)11(14)15-13(6-2)9-7-8-10-13/h15-16,24H,8-14H2,1-7H3;9-10,12-13H,4-7H2,1-3H3;8-10,12-13H,4-7H2,1-3H3;11,18-19H,4-10H2,1-3H3;5-10H2,1-4H3. The highest BCUT2D eigenvalue weighted by Gasteiger charge is 2.73. The van der Waals surface area contributed by atoms with E-state index < -0.39 is 104 Å². The van der Waals surface area contributed by atoms with Crippen LogP contribution in [0.15, 0.2) is 0 Å². The number of carbonyl (C=O) groups excluding carboxylic acids is 9. The largest absolute Gasteiger partial charge is 0.459 e. The van der Waals surface area contributed by atoms with Gasteiger partial charge >= 0.3 is 53.7 Å². The van der Waals surface area contributed by atoms with Crippen LogP contribution in [0.25, 0.3) is 0 Å². The summed E-state index contributed by atoms with van der Waals surface area (Å²) in [7, 11) is 0. The predicted octanol–water partition coefficient (Wildman–Crippen LogP) is 13.8. The Balaban J connectivity index is 0.000000155. The van der Waals surface area contributed by atoms with Crippen LogP contribution in [0, 0.1) is 102 Å². The lowest BCUT2D eigenvalue weighted by molar-refractivity contribution is -0.264. The van der Waals surface area contributed by atoms with E-state index in [0.717, 1.165) is 103 Å². The minimum absolute atomic E-state index is 0.00636. The topological polar surface area (TPSA) is 321 Å². The number of rotatable bonds is 22. The van der Waals surface area contributed by atoms with E-state index in [9.17, 15) is 63.7 Å². The summed E-state index contributed by atoms with van der Waals surface area (Å²) < 4.78 is 49.4. The number of carbonyl (C=O) groups is 9. The van der Waals surface area contributed by atoms with E-state index in [1.807, 2.05) is 90.0 Å². The molecule has 0 aromatic heterocycles. The average Bonchev–Trinajstić information content (AvgIpc) is 1.69. The van der Waals surface area contributed by atoms with Crippen molar-refractivity contribution >= 4 is 53.7 Å². The van der Waals surface area contributed by atoms with E-state index in [-0.39, 0.29) is 100 Å². The van der Waals surface area contributed by atoms with Gasteiger partial charge in [-0.2, -0.15) is 5.26 Å². The first kappa shape index (κ1) is 84.6. The SMILES string of the molecule is CCC(C)(C)C(=O)OC(C)(C)C12CC3CC(CC(C(C)(C)O)(C3)C1)C2.CCC(C)(C)C(=O)OC12CC3CC(O)(CC(O)(C3)C1)C2.CCC(C)(C)C(=O)OCC(=O)OC1C2CC3C(=O)OC1C3C2.CCC(C)(C)C(=O)OCC(=O)OC1C2CC3C1OC(=O)C3(C#N)C2.CCC1(OC(=O)C(C)(C)CC)CCCC1. The van der Waals surface area contributed by atoms with Crippen LogP contribution in [0.2, 0.25) is 0 Å². The maximum absolute atomic E-state index is 12.8. The summed E-state index contributed by atoms with van der Waals surface area (Å²) in [6.45, 7) is 38.0. The number of fused-ring (bicyclic) bond motifs is 2. The molecule has 0 spiro atoms. The Morgan fingerprint density at radius 1 is 0.509 bits per heavy atom. The second-order valence-electron chi connectivity index (χ2n) is 39.6. The molecule has 15 fully saturated rings. The second kappa shape index (κ2) is 30.0. The maximum atomic E-state index is 12.8. The number of hydrogen-bond acceptors (Lipinski definition) is 22. The minimum atomic E-state index is -1.06. The Hall–Kier alpha value is -5.40. The molecule has 22 heteroatoms. The molecule has 2 heterocycles. The van der Waals surface area contributed by atoms with Gasteiger partial charge in [0.05, 0.1) is 55.9 Å². The number of ether oxygens (including phenoxy) is 9. The van der Waals surface area contributed by atoms with Crippen molar-refractivity contribution in [3.8, 4) is 6.07 Å². The molecule has 0 radical (unpaired) electrons. The van der Waals surface area contributed by atoms with Gasteiger partial charge in [0, 0.05) is 48.3 Å². The van der Waals surface area contributed by atoms with Crippen molar-refractivity contribution in [2.75, 3.05) is 13.2 Å². The molecule has 14 unspecified atom stereocenters. The van der Waals surface area contributed by atoms with Crippen LogP contribution in [0.4, 0.5) is 0 Å². The van der Waals surface area contributed by atoms with E-state index in [1.165, 1.54) is 19.3 Å². The Labute approximate surface area is 630 Å². The lowest BCUT2D eigenvalue weighted by Gasteiger charge is -2.68. The highest BCUT2D eigenvalue weighted by molar-refractivity contribution is 5.85. The van der Waals surface area contributed by atoms with Gasteiger partial charge in [-0.1, -0.05) is 41.5 Å². The van der Waals surface area contributed by atoms with Gasteiger partial charge < -0.3 is 58.0 Å². The molecule has 0 aromatic rings. The van der Waals surface area contributed by atoms with Crippen molar-refractivity contribution in [3.63, 3.8) is 0 Å². The number of nitrogens with zero attached hydrogens (tertiary/aromatic N) is 1. The molecule has 13 aliphatic carbocycles. The summed E-state index contributed by atoms with van der Waals surface area (Å²) in [5.74, 6) is -1.32. The monoisotopic (exact) mass is 1490 g/mol. The van der Waals surface area contributed by atoms with Crippen LogP contribution < -0.4 is 0 Å². The van der Waals surface area contributed by atoms with E-state index >= 15 is 0 Å². The lowest BCUT2D eigenvalue weighted by Crippen LogP contribution is -2.67. The molecule has 14 atom stereocenters. The zero-order valence-corrected chi connectivity index (χ0v) is 67.9. The summed E-state index contributed by atoms with van der Waals surface area (Å²) in [6.07, 6.45) is 20.4. The fourth-order valence-electron chi connectivity index (χ4n) is 20.8. The number of aliphatic hydroxyl groups is 3. The van der Waals surface area contributed by atoms with E-state index in [1.54, 1.807) is 27.7 Å². The van der Waals surface area contributed by atoms with Gasteiger partial charge in [0.25, 0.3) is 0 Å². The molecule has 22 nitrogen and oxygen atoms in total. The third-order valence-corrected chi connectivity index (χ3v) is 29.3. The Bertz CT molecular complexity index is 3330. The molecule has 0 amide bonds. The molecular formula is C84H131NO21.